The molecule has 0 aliphatic rings. The van der Waals surface area contributed by atoms with Crippen LogP contribution in [0.5, 0.6) is 0 Å². The van der Waals surface area contributed by atoms with Crippen molar-refractivity contribution in [3.63, 3.8) is 0 Å². The van der Waals surface area contributed by atoms with E-state index in [1.165, 1.54) is 11.4 Å². The third kappa shape index (κ3) is 7.33. The minimum absolute atomic E-state index is 0.875. The lowest BCUT2D eigenvalue weighted by Gasteiger charge is -2.19. The first kappa shape index (κ1) is 20.8. The van der Waals surface area contributed by atoms with Gasteiger partial charge in [-0.2, -0.15) is 5.10 Å². The molecular formula is C21H34N6. The van der Waals surface area contributed by atoms with Crippen molar-refractivity contribution in [3.05, 3.63) is 47.8 Å². The summed E-state index contributed by atoms with van der Waals surface area (Å²) >= 11 is 0. The largest absolute Gasteiger partial charge is 0.375 e. The summed E-state index contributed by atoms with van der Waals surface area (Å²) in [7, 11) is 3.96. The number of nitrogens with zero attached hydrogens (tertiary/aromatic N) is 4. The molecule has 1 heterocycles. The lowest BCUT2D eigenvalue weighted by Crippen LogP contribution is -2.38. The van der Waals surface area contributed by atoms with Crippen LogP contribution in [0.15, 0.2) is 41.4 Å². The molecule has 148 valence electrons. The SMILES string of the molecule is CN=C(NCCCCN(C)c1ccccc1)NCCCn1nc(C)cc1C. The van der Waals surface area contributed by atoms with Gasteiger partial charge in [-0.3, -0.25) is 9.67 Å². The molecule has 6 nitrogen and oxygen atoms in total. The molecule has 0 aliphatic heterocycles. The monoisotopic (exact) mass is 370 g/mol. The van der Waals surface area contributed by atoms with E-state index in [1.54, 1.807) is 0 Å². The van der Waals surface area contributed by atoms with Crippen LogP contribution in [-0.4, -0.2) is 49.5 Å². The Bertz CT molecular complexity index is 692. The summed E-state index contributed by atoms with van der Waals surface area (Å²) in [4.78, 5) is 6.59. The number of anilines is 1. The van der Waals surface area contributed by atoms with Crippen LogP contribution in [0.2, 0.25) is 0 Å². The zero-order valence-electron chi connectivity index (χ0n) is 17.2. The van der Waals surface area contributed by atoms with Gasteiger partial charge in [-0.05, 0) is 51.3 Å². The van der Waals surface area contributed by atoms with Crippen LogP contribution in [0.1, 0.15) is 30.7 Å². The summed E-state index contributed by atoms with van der Waals surface area (Å²) in [6, 6.07) is 12.6. The number of para-hydroxylation sites is 1. The van der Waals surface area contributed by atoms with E-state index in [0.717, 1.165) is 57.1 Å². The number of rotatable bonds is 10. The maximum Gasteiger partial charge on any atom is 0.190 e. The van der Waals surface area contributed by atoms with Crippen molar-refractivity contribution >= 4 is 11.6 Å². The summed E-state index contributed by atoms with van der Waals surface area (Å²) in [6.07, 6.45) is 3.28. The van der Waals surface area contributed by atoms with Gasteiger partial charge in [-0.1, -0.05) is 18.2 Å². The molecule has 2 aromatic rings. The van der Waals surface area contributed by atoms with Gasteiger partial charge < -0.3 is 15.5 Å². The van der Waals surface area contributed by atoms with Crippen molar-refractivity contribution < 1.29 is 0 Å². The van der Waals surface area contributed by atoms with E-state index in [0.29, 0.717) is 0 Å². The molecule has 0 saturated carbocycles. The van der Waals surface area contributed by atoms with Gasteiger partial charge in [0.05, 0.1) is 5.69 Å². The van der Waals surface area contributed by atoms with E-state index >= 15 is 0 Å². The Morgan fingerprint density at radius 2 is 1.78 bits per heavy atom. The number of nitrogens with one attached hydrogen (secondary N) is 2. The molecule has 0 atom stereocenters. The second kappa shape index (κ2) is 11.3. The third-order valence-electron chi connectivity index (χ3n) is 4.58. The number of aliphatic imine (C=N–C) groups is 1. The van der Waals surface area contributed by atoms with Gasteiger partial charge in [0.1, 0.15) is 0 Å². The second-order valence-electron chi connectivity index (χ2n) is 6.89. The van der Waals surface area contributed by atoms with E-state index in [9.17, 15) is 0 Å². The fraction of sp³-hybridized carbons (Fsp3) is 0.524. The number of benzene rings is 1. The van der Waals surface area contributed by atoms with Gasteiger partial charge in [0.2, 0.25) is 0 Å². The fourth-order valence-corrected chi connectivity index (χ4v) is 3.05. The Kier molecular flexibility index (Phi) is 8.68. The average molecular weight is 371 g/mol. The van der Waals surface area contributed by atoms with Crippen LogP contribution in [0.3, 0.4) is 0 Å². The Morgan fingerprint density at radius 3 is 2.41 bits per heavy atom. The molecule has 0 fully saturated rings. The molecule has 27 heavy (non-hydrogen) atoms. The molecular weight excluding hydrogens is 336 g/mol. The van der Waals surface area contributed by atoms with Crippen LogP contribution < -0.4 is 15.5 Å². The summed E-state index contributed by atoms with van der Waals surface area (Å²) in [5.41, 5.74) is 3.57. The van der Waals surface area contributed by atoms with Gasteiger partial charge in [0.25, 0.3) is 0 Å². The van der Waals surface area contributed by atoms with Crippen molar-refractivity contribution in [2.24, 2.45) is 4.99 Å². The van der Waals surface area contributed by atoms with Gasteiger partial charge in [-0.25, -0.2) is 0 Å². The highest BCUT2D eigenvalue weighted by molar-refractivity contribution is 5.79. The first-order chi connectivity index (χ1) is 13.1. The van der Waals surface area contributed by atoms with Gasteiger partial charge >= 0.3 is 0 Å². The third-order valence-corrected chi connectivity index (χ3v) is 4.58. The number of guanidine groups is 1. The molecule has 0 amide bonds. The molecule has 0 spiro atoms. The Labute approximate surface area is 163 Å². The smallest absolute Gasteiger partial charge is 0.190 e. The Hall–Kier alpha value is -2.50. The van der Waals surface area contributed by atoms with Gasteiger partial charge in [0, 0.05) is 51.7 Å². The molecule has 0 saturated heterocycles. The standard InChI is InChI=1S/C21H34N6/c1-18-17-19(2)27(25-18)16-10-14-24-21(22-3)23-13-8-9-15-26(4)20-11-6-5-7-12-20/h5-7,11-12,17H,8-10,13-16H2,1-4H3,(H2,22,23,24). The average Bonchev–Trinajstić information content (AvgIpc) is 3.00. The van der Waals surface area contributed by atoms with E-state index in [4.69, 9.17) is 0 Å². The van der Waals surface area contributed by atoms with E-state index in [2.05, 4.69) is 80.7 Å². The lowest BCUT2D eigenvalue weighted by molar-refractivity contribution is 0.554. The number of hydrogen-bond acceptors (Lipinski definition) is 3. The highest BCUT2D eigenvalue weighted by Gasteiger charge is 2.02. The highest BCUT2D eigenvalue weighted by atomic mass is 15.3. The number of hydrogen-bond donors (Lipinski definition) is 2. The summed E-state index contributed by atoms with van der Waals surface area (Å²) in [6.45, 7) is 7.93. The summed E-state index contributed by atoms with van der Waals surface area (Å²) in [5, 5.41) is 11.3. The maximum absolute atomic E-state index is 4.49. The van der Waals surface area contributed by atoms with Gasteiger partial charge in [0.15, 0.2) is 5.96 Å². The first-order valence-corrected chi connectivity index (χ1v) is 9.82. The maximum atomic E-state index is 4.49. The zero-order valence-corrected chi connectivity index (χ0v) is 17.2. The van der Waals surface area contributed by atoms with E-state index < -0.39 is 0 Å². The molecule has 0 bridgehead atoms. The fourth-order valence-electron chi connectivity index (χ4n) is 3.05. The quantitative estimate of drug-likeness (QED) is 0.383. The minimum atomic E-state index is 0.875. The molecule has 0 radical (unpaired) electrons. The summed E-state index contributed by atoms with van der Waals surface area (Å²) < 4.78 is 2.07. The summed E-state index contributed by atoms with van der Waals surface area (Å²) in [5.74, 6) is 0.875. The van der Waals surface area contributed by atoms with Crippen molar-refractivity contribution in [3.8, 4) is 0 Å². The minimum Gasteiger partial charge on any atom is -0.375 e. The Morgan fingerprint density at radius 1 is 1.07 bits per heavy atom. The number of aryl methyl sites for hydroxylation is 3. The van der Waals surface area contributed by atoms with Crippen molar-refractivity contribution in [2.75, 3.05) is 38.6 Å². The molecule has 1 aromatic heterocycles. The molecule has 1 aromatic carbocycles. The lowest BCUT2D eigenvalue weighted by atomic mass is 10.2. The van der Waals surface area contributed by atoms with Crippen LogP contribution >= 0.6 is 0 Å². The predicted molar refractivity (Wildman–Crippen MR) is 115 cm³/mol. The van der Waals surface area contributed by atoms with E-state index in [1.807, 2.05) is 14.0 Å². The van der Waals surface area contributed by atoms with Crippen molar-refractivity contribution in [1.29, 1.82) is 0 Å². The topological polar surface area (TPSA) is 57.5 Å². The predicted octanol–water partition coefficient (Wildman–Crippen LogP) is 2.97. The first-order valence-electron chi connectivity index (χ1n) is 9.82. The van der Waals surface area contributed by atoms with Crippen molar-refractivity contribution in [2.45, 2.75) is 39.7 Å². The zero-order chi connectivity index (χ0) is 19.5. The number of aromatic nitrogens is 2. The van der Waals surface area contributed by atoms with Crippen LogP contribution in [0.4, 0.5) is 5.69 Å². The second-order valence-corrected chi connectivity index (χ2v) is 6.89. The molecule has 2 rings (SSSR count). The van der Waals surface area contributed by atoms with Crippen LogP contribution in [-0.2, 0) is 6.54 Å². The normalized spacial score (nSPS) is 11.5. The Balaban J connectivity index is 1.55. The van der Waals surface area contributed by atoms with E-state index in [-0.39, 0.29) is 0 Å². The van der Waals surface area contributed by atoms with Crippen LogP contribution in [0, 0.1) is 13.8 Å². The van der Waals surface area contributed by atoms with Crippen molar-refractivity contribution in [1.82, 2.24) is 20.4 Å². The van der Waals surface area contributed by atoms with Crippen LogP contribution in [0.25, 0.3) is 0 Å². The molecule has 0 aliphatic carbocycles. The van der Waals surface area contributed by atoms with Gasteiger partial charge in [-0.15, -0.1) is 0 Å². The molecule has 2 N–H and O–H groups in total. The number of unbranched alkanes of at least 4 members (excludes halogenated alkanes) is 1. The molecule has 6 heteroatoms. The molecule has 0 unspecified atom stereocenters. The highest BCUT2D eigenvalue weighted by Crippen LogP contribution is 2.11.